The largest absolute Gasteiger partial charge is 0.392 e. The first-order chi connectivity index (χ1) is 6.70. The smallest absolute Gasteiger partial charge is 0.312 e. The molecule has 2 unspecified atom stereocenters. The lowest BCUT2D eigenvalue weighted by Crippen LogP contribution is -2.45. The van der Waals surface area contributed by atoms with Crippen LogP contribution in [0.15, 0.2) is 0 Å². The molecule has 14 heavy (non-hydrogen) atoms. The Morgan fingerprint density at radius 1 is 1.36 bits per heavy atom. The summed E-state index contributed by atoms with van der Waals surface area (Å²) in [5.41, 5.74) is 4.91. The van der Waals surface area contributed by atoms with Crippen LogP contribution in [-0.2, 0) is 0 Å². The van der Waals surface area contributed by atoms with E-state index in [4.69, 9.17) is 5.73 Å². The monoisotopic (exact) mass is 201 g/mol. The maximum Gasteiger partial charge on any atom is 0.312 e. The molecule has 0 spiro atoms. The van der Waals surface area contributed by atoms with Gasteiger partial charge in [0.25, 0.3) is 0 Å². The van der Waals surface area contributed by atoms with Gasteiger partial charge in [0.15, 0.2) is 0 Å². The quantitative estimate of drug-likeness (QED) is 0.464. The zero-order valence-electron chi connectivity index (χ0n) is 8.33. The zero-order chi connectivity index (χ0) is 10.4. The van der Waals surface area contributed by atoms with E-state index < -0.39 is 6.03 Å². The molecule has 1 saturated carbocycles. The Balaban J connectivity index is 2.07. The lowest BCUT2D eigenvalue weighted by atomic mass is 9.93. The summed E-state index contributed by atoms with van der Waals surface area (Å²) in [6.45, 7) is 1.17. The van der Waals surface area contributed by atoms with Crippen molar-refractivity contribution in [2.45, 2.75) is 37.8 Å². The Hall–Kier alpha value is -0.810. The van der Waals surface area contributed by atoms with Gasteiger partial charge in [-0.3, -0.25) is 0 Å². The Morgan fingerprint density at radius 3 is 2.71 bits per heavy atom. The number of nitrogens with one attached hydrogen (secondary N) is 2. The van der Waals surface area contributed by atoms with Gasteiger partial charge in [0.05, 0.1) is 6.10 Å². The molecule has 0 saturated heterocycles. The summed E-state index contributed by atoms with van der Waals surface area (Å²) in [7, 11) is 0. The number of aliphatic hydroxyl groups is 1. The van der Waals surface area contributed by atoms with Crippen LogP contribution in [0.25, 0.3) is 0 Å². The third-order valence-electron chi connectivity index (χ3n) is 2.56. The van der Waals surface area contributed by atoms with Crippen molar-refractivity contribution in [2.75, 3.05) is 13.1 Å². The van der Waals surface area contributed by atoms with E-state index in [9.17, 15) is 9.90 Å². The van der Waals surface area contributed by atoms with Gasteiger partial charge in [0.2, 0.25) is 0 Å². The van der Waals surface area contributed by atoms with Crippen molar-refractivity contribution in [3.8, 4) is 0 Å². The molecule has 5 N–H and O–H groups in total. The molecular formula is C9H19N3O2. The molecule has 1 rings (SSSR count). The van der Waals surface area contributed by atoms with Crippen molar-refractivity contribution in [1.82, 2.24) is 10.6 Å². The normalized spacial score (nSPS) is 27.2. The van der Waals surface area contributed by atoms with Crippen LogP contribution in [-0.4, -0.2) is 36.4 Å². The summed E-state index contributed by atoms with van der Waals surface area (Å²) >= 11 is 0. The number of carbonyl (C=O) groups is 1. The molecule has 0 aromatic rings. The number of aliphatic hydroxyl groups excluding tert-OH is 1. The Kier molecular flexibility index (Phi) is 4.69. The second kappa shape index (κ2) is 5.82. The van der Waals surface area contributed by atoms with E-state index >= 15 is 0 Å². The minimum absolute atomic E-state index is 0.179. The van der Waals surface area contributed by atoms with Crippen molar-refractivity contribution in [2.24, 2.45) is 5.73 Å². The van der Waals surface area contributed by atoms with E-state index in [0.29, 0.717) is 13.1 Å². The molecular weight excluding hydrogens is 182 g/mol. The molecule has 5 heteroatoms. The molecule has 2 atom stereocenters. The van der Waals surface area contributed by atoms with Gasteiger partial charge in [-0.2, -0.15) is 0 Å². The lowest BCUT2D eigenvalue weighted by molar-refractivity contribution is 0.0914. The second-order valence-electron chi connectivity index (χ2n) is 3.70. The highest BCUT2D eigenvalue weighted by Gasteiger charge is 2.21. The van der Waals surface area contributed by atoms with Crippen LogP contribution >= 0.6 is 0 Å². The highest BCUT2D eigenvalue weighted by molar-refractivity contribution is 5.71. The van der Waals surface area contributed by atoms with Crippen LogP contribution in [0, 0.1) is 0 Å². The summed E-state index contributed by atoms with van der Waals surface area (Å²) in [6, 6.07) is -0.325. The number of hydrogen-bond donors (Lipinski definition) is 4. The minimum Gasteiger partial charge on any atom is -0.392 e. The predicted molar refractivity (Wildman–Crippen MR) is 53.9 cm³/mol. The third kappa shape index (κ3) is 3.93. The topological polar surface area (TPSA) is 87.4 Å². The number of rotatable bonds is 4. The van der Waals surface area contributed by atoms with Crippen molar-refractivity contribution in [3.05, 3.63) is 0 Å². The first kappa shape index (κ1) is 11.3. The first-order valence-corrected chi connectivity index (χ1v) is 5.15. The Morgan fingerprint density at radius 2 is 2.07 bits per heavy atom. The number of primary amides is 1. The van der Waals surface area contributed by atoms with E-state index in [-0.39, 0.29) is 12.1 Å². The van der Waals surface area contributed by atoms with Crippen LogP contribution in [0.3, 0.4) is 0 Å². The number of carbonyl (C=O) groups excluding carboxylic acids is 1. The van der Waals surface area contributed by atoms with Crippen LogP contribution in [0.2, 0.25) is 0 Å². The average Bonchev–Trinajstić information content (AvgIpc) is 2.15. The molecule has 0 aliphatic heterocycles. The number of nitrogens with two attached hydrogens (primary N) is 1. The van der Waals surface area contributed by atoms with Gasteiger partial charge in [-0.05, 0) is 12.8 Å². The summed E-state index contributed by atoms with van der Waals surface area (Å²) < 4.78 is 0. The van der Waals surface area contributed by atoms with Crippen LogP contribution in [0.5, 0.6) is 0 Å². The predicted octanol–water partition coefficient (Wildman–Crippen LogP) is -0.452. The molecule has 0 radical (unpaired) electrons. The van der Waals surface area contributed by atoms with Crippen LogP contribution in [0.4, 0.5) is 4.79 Å². The summed E-state index contributed by atoms with van der Waals surface area (Å²) in [6.07, 6.45) is 3.92. The molecule has 2 amide bonds. The van der Waals surface area contributed by atoms with Crippen LogP contribution in [0.1, 0.15) is 25.7 Å². The summed E-state index contributed by atoms with van der Waals surface area (Å²) in [5.74, 6) is 0. The molecule has 82 valence electrons. The summed E-state index contributed by atoms with van der Waals surface area (Å²) in [4.78, 5) is 10.3. The highest BCUT2D eigenvalue weighted by atomic mass is 16.3. The van der Waals surface area contributed by atoms with Crippen molar-refractivity contribution in [3.63, 3.8) is 0 Å². The van der Waals surface area contributed by atoms with E-state index in [1.165, 1.54) is 0 Å². The zero-order valence-corrected chi connectivity index (χ0v) is 8.33. The van der Waals surface area contributed by atoms with Crippen molar-refractivity contribution >= 4 is 6.03 Å². The number of hydrogen-bond acceptors (Lipinski definition) is 3. The first-order valence-electron chi connectivity index (χ1n) is 5.15. The van der Waals surface area contributed by atoms with E-state index in [1.54, 1.807) is 0 Å². The van der Waals surface area contributed by atoms with Crippen LogP contribution < -0.4 is 16.4 Å². The van der Waals surface area contributed by atoms with Gasteiger partial charge in [-0.25, -0.2) is 4.79 Å². The van der Waals surface area contributed by atoms with Gasteiger partial charge < -0.3 is 21.5 Å². The van der Waals surface area contributed by atoms with Crippen molar-refractivity contribution in [1.29, 1.82) is 0 Å². The molecule has 1 aliphatic carbocycles. The average molecular weight is 201 g/mol. The fourth-order valence-electron chi connectivity index (χ4n) is 1.79. The fourth-order valence-corrected chi connectivity index (χ4v) is 1.79. The van der Waals surface area contributed by atoms with E-state index in [1.807, 2.05) is 0 Å². The van der Waals surface area contributed by atoms with E-state index in [0.717, 1.165) is 25.7 Å². The van der Waals surface area contributed by atoms with E-state index in [2.05, 4.69) is 10.6 Å². The minimum atomic E-state index is -0.504. The maximum absolute atomic E-state index is 10.3. The third-order valence-corrected chi connectivity index (χ3v) is 2.56. The van der Waals surface area contributed by atoms with Gasteiger partial charge in [-0.1, -0.05) is 12.8 Å². The SMILES string of the molecule is NC(=O)NCCNC1CCCCC1O. The molecule has 0 aromatic heterocycles. The molecule has 1 fully saturated rings. The van der Waals surface area contributed by atoms with Gasteiger partial charge in [0.1, 0.15) is 0 Å². The summed E-state index contributed by atoms with van der Waals surface area (Å²) in [5, 5.41) is 15.3. The van der Waals surface area contributed by atoms with Gasteiger partial charge in [0, 0.05) is 19.1 Å². The second-order valence-corrected chi connectivity index (χ2v) is 3.70. The molecule has 0 bridgehead atoms. The number of amides is 2. The van der Waals surface area contributed by atoms with Gasteiger partial charge >= 0.3 is 6.03 Å². The maximum atomic E-state index is 10.3. The molecule has 5 nitrogen and oxygen atoms in total. The molecule has 1 aliphatic rings. The van der Waals surface area contributed by atoms with Crippen molar-refractivity contribution < 1.29 is 9.90 Å². The fraction of sp³-hybridized carbons (Fsp3) is 0.889. The Labute approximate surface area is 84.0 Å². The van der Waals surface area contributed by atoms with Gasteiger partial charge in [-0.15, -0.1) is 0 Å². The molecule has 0 aromatic carbocycles. The lowest BCUT2D eigenvalue weighted by Gasteiger charge is -2.28. The standard InChI is InChI=1S/C9H19N3O2/c10-9(14)12-6-5-11-7-3-1-2-4-8(7)13/h7-8,11,13H,1-6H2,(H3,10,12,14). The number of urea groups is 1. The highest BCUT2D eigenvalue weighted by Crippen LogP contribution is 2.17. The Bertz CT molecular complexity index is 187. The molecule has 0 heterocycles.